The Morgan fingerprint density at radius 1 is 0.492 bits per heavy atom. The molecule has 2 unspecified atom stereocenters. The Morgan fingerprint density at radius 2 is 0.889 bits per heavy atom. The molecule has 0 radical (unpaired) electrons. The zero-order valence-electron chi connectivity index (χ0n) is 41.8. The fraction of sp³-hybridized carbons (Fsp3) is 0.849. The van der Waals surface area contributed by atoms with Gasteiger partial charge in [-0.2, -0.15) is 0 Å². The fourth-order valence-electron chi connectivity index (χ4n) is 7.28. The van der Waals surface area contributed by atoms with E-state index in [2.05, 4.69) is 50.3 Å². The number of nitrogens with zero attached hydrogens (tertiary/aromatic N) is 1. The standard InChI is InChI=1S/C53H100NO8P/c1-6-8-10-12-14-16-18-19-20-21-22-23-24-25-26-27-28-29-30-31-32-33-34-35-36-38-40-42-44-46-53(56)62-51(50-61-63(57,58)60-48-47-54(3,4)5)49-59-52(55)45-43-41-39-37-17-15-13-11-9-7-2/h11,13,18-19,21-22,51H,6-10,12,14-17,20,23-50H2,1-5H3/b13-11-,19-18-,22-21-. The number of rotatable bonds is 48. The smallest absolute Gasteiger partial charge is 0.306 e. The molecule has 0 fully saturated rings. The van der Waals surface area contributed by atoms with Gasteiger partial charge in [-0.1, -0.05) is 198 Å². The molecule has 0 aliphatic carbocycles. The number of carbonyl (C=O) groups is 2. The molecule has 10 heteroatoms. The van der Waals surface area contributed by atoms with Crippen molar-refractivity contribution in [2.45, 2.75) is 245 Å². The third-order valence-corrected chi connectivity index (χ3v) is 12.3. The largest absolute Gasteiger partial charge is 0.756 e. The number of ether oxygens (including phenoxy) is 2. The molecule has 9 nitrogen and oxygen atoms in total. The van der Waals surface area contributed by atoms with Gasteiger partial charge in [0.2, 0.25) is 0 Å². The number of allylic oxidation sites excluding steroid dienone is 6. The van der Waals surface area contributed by atoms with Crippen LogP contribution in [-0.2, 0) is 32.7 Å². The number of hydrogen-bond donors (Lipinski definition) is 0. The van der Waals surface area contributed by atoms with E-state index in [4.69, 9.17) is 18.5 Å². The molecule has 63 heavy (non-hydrogen) atoms. The summed E-state index contributed by atoms with van der Waals surface area (Å²) < 4.78 is 33.9. The minimum absolute atomic E-state index is 0.0311. The molecule has 0 aromatic carbocycles. The molecule has 0 bridgehead atoms. The van der Waals surface area contributed by atoms with Gasteiger partial charge in [-0.3, -0.25) is 14.2 Å². The Hall–Kier alpha value is -1.77. The van der Waals surface area contributed by atoms with Crippen molar-refractivity contribution in [3.63, 3.8) is 0 Å². The van der Waals surface area contributed by atoms with Gasteiger partial charge in [-0.25, -0.2) is 0 Å². The van der Waals surface area contributed by atoms with Crippen molar-refractivity contribution in [3.8, 4) is 0 Å². The second-order valence-electron chi connectivity index (χ2n) is 18.9. The molecule has 370 valence electrons. The van der Waals surface area contributed by atoms with Gasteiger partial charge in [0.15, 0.2) is 6.10 Å². The third kappa shape index (κ3) is 49.5. The fourth-order valence-corrected chi connectivity index (χ4v) is 8.01. The number of unbranched alkanes of at least 4 members (excludes halogenated alkanes) is 28. The molecular weight excluding hydrogens is 810 g/mol. The van der Waals surface area contributed by atoms with E-state index in [-0.39, 0.29) is 26.1 Å². The van der Waals surface area contributed by atoms with Crippen LogP contribution in [0.3, 0.4) is 0 Å². The number of phosphoric ester groups is 1. The summed E-state index contributed by atoms with van der Waals surface area (Å²) in [4.78, 5) is 37.6. The van der Waals surface area contributed by atoms with Gasteiger partial charge in [0.1, 0.15) is 19.8 Å². The highest BCUT2D eigenvalue weighted by atomic mass is 31.2. The molecule has 0 rings (SSSR count). The molecule has 0 N–H and O–H groups in total. The van der Waals surface area contributed by atoms with Crippen LogP contribution in [-0.4, -0.2) is 70.0 Å². The molecule has 0 saturated heterocycles. The van der Waals surface area contributed by atoms with E-state index >= 15 is 0 Å². The predicted molar refractivity (Wildman–Crippen MR) is 264 cm³/mol. The van der Waals surface area contributed by atoms with Crippen molar-refractivity contribution in [1.82, 2.24) is 0 Å². The van der Waals surface area contributed by atoms with Crippen LogP contribution >= 0.6 is 7.82 Å². The minimum Gasteiger partial charge on any atom is -0.756 e. The lowest BCUT2D eigenvalue weighted by Gasteiger charge is -2.28. The summed E-state index contributed by atoms with van der Waals surface area (Å²) in [6.45, 7) is 4.16. The van der Waals surface area contributed by atoms with Crippen LogP contribution in [0.5, 0.6) is 0 Å². The number of hydrogen-bond acceptors (Lipinski definition) is 8. The summed E-state index contributed by atoms with van der Waals surface area (Å²) in [7, 11) is 1.17. The normalized spacial score (nSPS) is 13.7. The maximum atomic E-state index is 12.7. The third-order valence-electron chi connectivity index (χ3n) is 11.4. The molecule has 0 saturated carbocycles. The van der Waals surface area contributed by atoms with Crippen LogP contribution in [0.25, 0.3) is 0 Å². The molecule has 0 aliphatic rings. The van der Waals surface area contributed by atoms with Crippen molar-refractivity contribution < 1.29 is 42.1 Å². The molecule has 0 aliphatic heterocycles. The first-order chi connectivity index (χ1) is 30.5. The SMILES string of the molecule is CCC/C=C\CCCCCCCC(=O)OCC(COP(=O)([O-])OCC[N+](C)(C)C)OC(=O)CCCCCCCCCCCCCCCCCCC/C=C\C/C=C\CCCCCCC. The number of esters is 2. The highest BCUT2D eigenvalue weighted by molar-refractivity contribution is 7.45. The van der Waals surface area contributed by atoms with Crippen LogP contribution < -0.4 is 4.89 Å². The first-order valence-corrected chi connectivity index (χ1v) is 27.7. The summed E-state index contributed by atoms with van der Waals surface area (Å²) in [5.74, 6) is -0.840. The Bertz CT molecular complexity index is 1170. The van der Waals surface area contributed by atoms with E-state index in [9.17, 15) is 19.0 Å². The Kier molecular flexibility index (Phi) is 44.1. The van der Waals surface area contributed by atoms with Crippen LogP contribution in [0.2, 0.25) is 0 Å². The van der Waals surface area contributed by atoms with Gasteiger partial charge in [0, 0.05) is 12.8 Å². The molecule has 2 atom stereocenters. The van der Waals surface area contributed by atoms with Crippen LogP contribution in [0.4, 0.5) is 0 Å². The van der Waals surface area contributed by atoms with E-state index in [1.54, 1.807) is 0 Å². The predicted octanol–water partition coefficient (Wildman–Crippen LogP) is 15.0. The zero-order chi connectivity index (χ0) is 46.4. The first-order valence-electron chi connectivity index (χ1n) is 26.2. The van der Waals surface area contributed by atoms with Crippen molar-refractivity contribution in [1.29, 1.82) is 0 Å². The van der Waals surface area contributed by atoms with Gasteiger partial charge >= 0.3 is 11.9 Å². The maximum absolute atomic E-state index is 12.7. The number of phosphoric acid groups is 1. The van der Waals surface area contributed by atoms with Crippen molar-refractivity contribution >= 4 is 19.8 Å². The molecule has 0 heterocycles. The van der Waals surface area contributed by atoms with E-state index < -0.39 is 32.5 Å². The first kappa shape index (κ1) is 61.2. The van der Waals surface area contributed by atoms with E-state index in [0.29, 0.717) is 17.4 Å². The topological polar surface area (TPSA) is 111 Å². The quantitative estimate of drug-likeness (QED) is 0.0195. The van der Waals surface area contributed by atoms with Crippen molar-refractivity contribution in [2.75, 3.05) is 47.5 Å². The van der Waals surface area contributed by atoms with Gasteiger partial charge in [-0.15, -0.1) is 0 Å². The minimum atomic E-state index is -4.63. The monoisotopic (exact) mass is 910 g/mol. The van der Waals surface area contributed by atoms with E-state index in [1.807, 2.05) is 21.1 Å². The summed E-state index contributed by atoms with van der Waals surface area (Å²) >= 11 is 0. The van der Waals surface area contributed by atoms with Gasteiger partial charge in [0.05, 0.1) is 27.7 Å². The molecule has 0 amide bonds. The highest BCUT2D eigenvalue weighted by Gasteiger charge is 2.21. The average molecular weight is 910 g/mol. The molecule has 0 spiro atoms. The van der Waals surface area contributed by atoms with Crippen LogP contribution in [0.15, 0.2) is 36.5 Å². The maximum Gasteiger partial charge on any atom is 0.306 e. The lowest BCUT2D eigenvalue weighted by atomic mass is 10.0. The summed E-state index contributed by atoms with van der Waals surface area (Å²) in [6, 6.07) is 0. The second kappa shape index (κ2) is 45.4. The Balaban J connectivity index is 4.04. The number of likely N-dealkylation sites (N-methyl/N-ethyl adjacent to an activating group) is 1. The van der Waals surface area contributed by atoms with Crippen LogP contribution in [0.1, 0.15) is 239 Å². The molecular formula is C53H100NO8P. The average Bonchev–Trinajstić information content (AvgIpc) is 3.24. The number of quaternary nitrogens is 1. The lowest BCUT2D eigenvalue weighted by Crippen LogP contribution is -2.37. The van der Waals surface area contributed by atoms with E-state index in [0.717, 1.165) is 70.6 Å². The van der Waals surface area contributed by atoms with Crippen molar-refractivity contribution in [3.05, 3.63) is 36.5 Å². The lowest BCUT2D eigenvalue weighted by molar-refractivity contribution is -0.870. The van der Waals surface area contributed by atoms with Crippen molar-refractivity contribution in [2.24, 2.45) is 0 Å². The van der Waals surface area contributed by atoms with E-state index in [1.165, 1.54) is 135 Å². The molecule has 0 aromatic heterocycles. The Labute approximate surface area is 389 Å². The van der Waals surface area contributed by atoms with Gasteiger partial charge in [0.25, 0.3) is 7.82 Å². The summed E-state index contributed by atoms with van der Waals surface area (Å²) in [5.41, 5.74) is 0. The van der Waals surface area contributed by atoms with Gasteiger partial charge in [-0.05, 0) is 64.2 Å². The second-order valence-corrected chi connectivity index (χ2v) is 20.3. The zero-order valence-corrected chi connectivity index (χ0v) is 42.7. The summed E-state index contributed by atoms with van der Waals surface area (Å²) in [6.07, 6.45) is 53.5. The Morgan fingerprint density at radius 3 is 1.33 bits per heavy atom. The van der Waals surface area contributed by atoms with Crippen LogP contribution in [0, 0.1) is 0 Å². The molecule has 0 aromatic rings. The highest BCUT2D eigenvalue weighted by Crippen LogP contribution is 2.38. The number of carbonyl (C=O) groups excluding carboxylic acids is 2. The van der Waals surface area contributed by atoms with Gasteiger partial charge < -0.3 is 27.9 Å². The summed E-state index contributed by atoms with van der Waals surface area (Å²) in [5, 5.41) is 0.